The maximum Gasteiger partial charge on any atom is 0.241 e. The van der Waals surface area contributed by atoms with Gasteiger partial charge in [0.25, 0.3) is 0 Å². The Bertz CT molecular complexity index is 313. The smallest absolute Gasteiger partial charge is 0.241 e. The summed E-state index contributed by atoms with van der Waals surface area (Å²) in [7, 11) is 0. The number of carbonyl (C=O) groups is 1. The number of hydrogen-bond donors (Lipinski definition) is 1. The molecule has 0 aromatic rings. The lowest BCUT2D eigenvalue weighted by Gasteiger charge is -2.28. The molecule has 1 saturated heterocycles. The zero-order valence-corrected chi connectivity index (χ0v) is 14.9. The van der Waals surface area contributed by atoms with Gasteiger partial charge in [-0.3, -0.25) is 10.1 Å². The van der Waals surface area contributed by atoms with Crippen molar-refractivity contribution in [2.75, 3.05) is 26.2 Å². The Labute approximate surface area is 131 Å². The summed E-state index contributed by atoms with van der Waals surface area (Å²) in [5.74, 6) is 1.46. The number of amides is 1. The van der Waals surface area contributed by atoms with Gasteiger partial charge in [-0.2, -0.15) is 0 Å². The van der Waals surface area contributed by atoms with Gasteiger partial charge in [-0.05, 0) is 37.8 Å². The van der Waals surface area contributed by atoms with E-state index < -0.39 is 0 Å². The summed E-state index contributed by atoms with van der Waals surface area (Å²) in [6.07, 6.45) is 2.20. The van der Waals surface area contributed by atoms with Gasteiger partial charge in [-0.25, -0.2) is 0 Å². The Balaban J connectivity index is 2.67. The lowest BCUT2D eigenvalue weighted by atomic mass is 10.0. The molecule has 0 bridgehead atoms. The van der Waals surface area contributed by atoms with E-state index >= 15 is 0 Å². The first-order chi connectivity index (χ1) is 9.88. The van der Waals surface area contributed by atoms with E-state index in [9.17, 15) is 4.79 Å². The summed E-state index contributed by atoms with van der Waals surface area (Å²) in [6, 6.07) is 0.0189. The normalized spacial score (nSPS) is 23.1. The molecule has 1 amide bonds. The van der Waals surface area contributed by atoms with Crippen LogP contribution in [0.25, 0.3) is 0 Å². The molecule has 2 unspecified atom stereocenters. The van der Waals surface area contributed by atoms with Crippen LogP contribution in [-0.4, -0.2) is 54.1 Å². The minimum atomic E-state index is 0.0189. The predicted octanol–water partition coefficient (Wildman–Crippen LogP) is 2.55. The van der Waals surface area contributed by atoms with Gasteiger partial charge in [0.05, 0.1) is 12.2 Å². The lowest BCUT2D eigenvalue weighted by Crippen LogP contribution is -2.43. The second-order valence-electron chi connectivity index (χ2n) is 7.05. The minimum absolute atomic E-state index is 0.0189. The fraction of sp³-hybridized carbons (Fsp3) is 0.941. The number of rotatable bonds is 9. The van der Waals surface area contributed by atoms with E-state index in [0.29, 0.717) is 17.7 Å². The van der Waals surface area contributed by atoms with Crippen molar-refractivity contribution in [3.05, 3.63) is 0 Å². The molecule has 0 radical (unpaired) electrons. The van der Waals surface area contributed by atoms with E-state index in [-0.39, 0.29) is 12.2 Å². The SMILES string of the molecule is CCN(CC)CCN1C(=O)C(CC(C)C)NC1CC(C)C. The van der Waals surface area contributed by atoms with Crippen LogP contribution < -0.4 is 5.32 Å². The van der Waals surface area contributed by atoms with Crippen LogP contribution in [0.5, 0.6) is 0 Å². The average molecular weight is 297 g/mol. The molecular weight excluding hydrogens is 262 g/mol. The molecule has 21 heavy (non-hydrogen) atoms. The fourth-order valence-electron chi connectivity index (χ4n) is 3.08. The summed E-state index contributed by atoms with van der Waals surface area (Å²) >= 11 is 0. The Hall–Kier alpha value is -0.610. The van der Waals surface area contributed by atoms with Crippen LogP contribution in [-0.2, 0) is 4.79 Å². The molecular formula is C17H35N3O. The molecule has 124 valence electrons. The van der Waals surface area contributed by atoms with E-state index in [1.54, 1.807) is 0 Å². The van der Waals surface area contributed by atoms with Gasteiger partial charge in [0, 0.05) is 13.1 Å². The molecule has 1 aliphatic rings. The van der Waals surface area contributed by atoms with Crippen LogP contribution in [0.15, 0.2) is 0 Å². The molecule has 1 heterocycles. The molecule has 0 spiro atoms. The van der Waals surface area contributed by atoms with Gasteiger partial charge >= 0.3 is 0 Å². The van der Waals surface area contributed by atoms with Gasteiger partial charge in [-0.1, -0.05) is 41.5 Å². The third kappa shape index (κ3) is 5.59. The number of likely N-dealkylation sites (N-methyl/N-ethyl adjacent to an activating group) is 1. The summed E-state index contributed by atoms with van der Waals surface area (Å²) in [5, 5.41) is 3.57. The predicted molar refractivity (Wildman–Crippen MR) is 89.1 cm³/mol. The van der Waals surface area contributed by atoms with Gasteiger partial charge in [0.2, 0.25) is 5.91 Å². The summed E-state index contributed by atoms with van der Waals surface area (Å²) in [4.78, 5) is 17.1. The first-order valence-electron chi connectivity index (χ1n) is 8.67. The lowest BCUT2D eigenvalue weighted by molar-refractivity contribution is -0.130. The van der Waals surface area contributed by atoms with Crippen molar-refractivity contribution in [1.29, 1.82) is 0 Å². The highest BCUT2D eigenvalue weighted by Crippen LogP contribution is 2.21. The maximum absolute atomic E-state index is 12.7. The van der Waals surface area contributed by atoms with E-state index in [0.717, 1.165) is 39.0 Å². The van der Waals surface area contributed by atoms with Crippen molar-refractivity contribution in [3.63, 3.8) is 0 Å². The Morgan fingerprint density at radius 2 is 1.67 bits per heavy atom. The number of hydrogen-bond acceptors (Lipinski definition) is 3. The van der Waals surface area contributed by atoms with Crippen LogP contribution in [0.1, 0.15) is 54.4 Å². The van der Waals surface area contributed by atoms with Crippen molar-refractivity contribution >= 4 is 5.91 Å². The highest BCUT2D eigenvalue weighted by atomic mass is 16.2. The Morgan fingerprint density at radius 1 is 1.10 bits per heavy atom. The zero-order valence-electron chi connectivity index (χ0n) is 14.9. The second kappa shape index (κ2) is 8.74. The molecule has 1 aliphatic heterocycles. The van der Waals surface area contributed by atoms with Crippen LogP contribution in [0.4, 0.5) is 0 Å². The molecule has 1 fully saturated rings. The number of nitrogens with zero attached hydrogens (tertiary/aromatic N) is 2. The van der Waals surface area contributed by atoms with Crippen molar-refractivity contribution in [2.45, 2.75) is 66.6 Å². The zero-order chi connectivity index (χ0) is 16.0. The van der Waals surface area contributed by atoms with Crippen molar-refractivity contribution in [2.24, 2.45) is 11.8 Å². The van der Waals surface area contributed by atoms with Crippen LogP contribution in [0, 0.1) is 11.8 Å². The maximum atomic E-state index is 12.7. The van der Waals surface area contributed by atoms with Crippen molar-refractivity contribution < 1.29 is 4.79 Å². The quantitative estimate of drug-likeness (QED) is 0.710. The minimum Gasteiger partial charge on any atom is -0.325 e. The second-order valence-corrected chi connectivity index (χ2v) is 7.05. The highest BCUT2D eigenvalue weighted by molar-refractivity contribution is 5.84. The fourth-order valence-corrected chi connectivity index (χ4v) is 3.08. The molecule has 0 aromatic carbocycles. The Morgan fingerprint density at radius 3 is 2.14 bits per heavy atom. The van der Waals surface area contributed by atoms with E-state index in [1.807, 2.05) is 0 Å². The molecule has 1 N–H and O–H groups in total. The molecule has 1 rings (SSSR count). The van der Waals surface area contributed by atoms with Gasteiger partial charge in [0.1, 0.15) is 0 Å². The molecule has 2 atom stereocenters. The van der Waals surface area contributed by atoms with Gasteiger partial charge in [-0.15, -0.1) is 0 Å². The van der Waals surface area contributed by atoms with Gasteiger partial charge in [0.15, 0.2) is 0 Å². The number of nitrogens with one attached hydrogen (secondary N) is 1. The van der Waals surface area contributed by atoms with Crippen molar-refractivity contribution in [3.8, 4) is 0 Å². The molecule has 4 nitrogen and oxygen atoms in total. The van der Waals surface area contributed by atoms with Crippen LogP contribution in [0.3, 0.4) is 0 Å². The summed E-state index contributed by atoms with van der Waals surface area (Å²) < 4.78 is 0. The third-order valence-corrected chi connectivity index (χ3v) is 4.30. The standard InChI is InChI=1S/C17H35N3O/c1-7-19(8-2)9-10-20-16(12-14(5)6)18-15(17(20)21)11-13(3)4/h13-16,18H,7-12H2,1-6H3. The largest absolute Gasteiger partial charge is 0.325 e. The molecule has 0 aromatic heterocycles. The number of carbonyl (C=O) groups excluding carboxylic acids is 1. The van der Waals surface area contributed by atoms with Gasteiger partial charge < -0.3 is 9.80 Å². The van der Waals surface area contributed by atoms with Crippen LogP contribution >= 0.6 is 0 Å². The van der Waals surface area contributed by atoms with E-state index in [4.69, 9.17) is 0 Å². The van der Waals surface area contributed by atoms with Crippen molar-refractivity contribution in [1.82, 2.24) is 15.1 Å². The van der Waals surface area contributed by atoms with E-state index in [1.165, 1.54) is 0 Å². The first kappa shape index (κ1) is 18.4. The summed E-state index contributed by atoms with van der Waals surface area (Å²) in [5.41, 5.74) is 0. The topological polar surface area (TPSA) is 35.6 Å². The monoisotopic (exact) mass is 297 g/mol. The third-order valence-electron chi connectivity index (χ3n) is 4.30. The summed E-state index contributed by atoms with van der Waals surface area (Å²) in [6.45, 7) is 17.1. The molecule has 0 aliphatic carbocycles. The molecule has 0 saturated carbocycles. The Kier molecular flexibility index (Phi) is 7.67. The van der Waals surface area contributed by atoms with Crippen LogP contribution in [0.2, 0.25) is 0 Å². The molecule has 4 heteroatoms. The highest BCUT2D eigenvalue weighted by Gasteiger charge is 2.38. The first-order valence-corrected chi connectivity index (χ1v) is 8.67. The van der Waals surface area contributed by atoms with E-state index in [2.05, 4.69) is 56.7 Å². The average Bonchev–Trinajstić information content (AvgIpc) is 2.66.